The van der Waals surface area contributed by atoms with Gasteiger partial charge in [0.1, 0.15) is 0 Å². The van der Waals surface area contributed by atoms with E-state index in [0.29, 0.717) is 0 Å². The van der Waals surface area contributed by atoms with Gasteiger partial charge in [0.25, 0.3) is 0 Å². The molecule has 0 aromatic rings. The molecule has 0 unspecified atom stereocenters. The minimum atomic E-state index is -0.103. The van der Waals surface area contributed by atoms with Crippen molar-refractivity contribution in [2.75, 3.05) is 0 Å². The van der Waals surface area contributed by atoms with Gasteiger partial charge in [0, 0.05) is 0 Å². The molecule has 0 aliphatic carbocycles. The fraction of sp³-hybridized carbons (Fsp3) is 1.00. The van der Waals surface area contributed by atoms with Crippen LogP contribution in [0.5, 0.6) is 0 Å². The molecule has 0 N–H and O–H groups in total. The van der Waals surface area contributed by atoms with E-state index in [9.17, 15) is 0 Å². The topological polar surface area (TPSA) is 0 Å². The standard InChI is InChI=1S/C2H5.2ClH.Li.Mg/c1-2;;;;/h1H2,2H3;2*1H;;/q;;;2*+1/p-2. The first-order valence-electron chi connectivity index (χ1n) is 1.85. The van der Waals surface area contributed by atoms with E-state index >= 15 is 0 Å². The second-order valence-electron chi connectivity index (χ2n) is 0.689. The molecule has 0 aromatic heterocycles. The van der Waals surface area contributed by atoms with Crippen molar-refractivity contribution in [1.82, 2.24) is 0 Å². The second-order valence-corrected chi connectivity index (χ2v) is 3.20. The van der Waals surface area contributed by atoms with Gasteiger partial charge in [-0.1, -0.05) is 6.92 Å². The maximum absolute atomic E-state index is 5.32. The summed E-state index contributed by atoms with van der Waals surface area (Å²) in [7, 11) is 9.96. The van der Waals surface area contributed by atoms with E-state index in [4.69, 9.17) is 9.07 Å². The molecule has 0 nitrogen and oxygen atoms in total. The molecule has 0 heterocycles. The summed E-state index contributed by atoms with van der Waals surface area (Å²) in [5.74, 6) is 0. The van der Waals surface area contributed by atoms with Crippen molar-refractivity contribution in [3.05, 3.63) is 0 Å². The van der Waals surface area contributed by atoms with Crippen molar-refractivity contribution in [2.24, 2.45) is 0 Å². The molecular formula is C2H5Cl2LiMg. The van der Waals surface area contributed by atoms with Gasteiger partial charge in [-0.2, -0.15) is 0 Å². The third kappa shape index (κ3) is 16.8. The van der Waals surface area contributed by atoms with Gasteiger partial charge in [0.15, 0.2) is 0 Å². The van der Waals surface area contributed by atoms with Crippen LogP contribution >= 0.6 is 18.9 Å². The number of halogens is 2. The van der Waals surface area contributed by atoms with Gasteiger partial charge in [0.05, 0.1) is 0 Å². The molecule has 0 bridgehead atoms. The van der Waals surface area contributed by atoms with Crippen molar-refractivity contribution in [2.45, 2.75) is 11.5 Å². The molecule has 0 spiro atoms. The van der Waals surface area contributed by atoms with Crippen LogP contribution in [-0.2, 0) is 0 Å². The molecule has 0 radical (unpaired) electrons. The molecule has 6 heavy (non-hydrogen) atoms. The van der Waals surface area contributed by atoms with Crippen LogP contribution in [0.15, 0.2) is 0 Å². The van der Waals surface area contributed by atoms with E-state index in [1.165, 1.54) is 21.3 Å². The molecule has 0 atom stereocenters. The van der Waals surface area contributed by atoms with Crippen LogP contribution in [0.2, 0.25) is 4.55 Å². The first-order chi connectivity index (χ1) is 2.91. The van der Waals surface area contributed by atoms with Crippen LogP contribution in [0, 0.1) is 0 Å². The molecule has 0 fully saturated rings. The summed E-state index contributed by atoms with van der Waals surface area (Å²) in [5.41, 5.74) is 0. The first kappa shape index (κ1) is 10.8. The average Bonchev–Trinajstić information content (AvgIpc) is 1.72. The Labute approximate surface area is 65.8 Å². The monoisotopic (exact) mass is 130 g/mol. The fourth-order valence-corrected chi connectivity index (χ4v) is 0. The van der Waals surface area contributed by atoms with Crippen LogP contribution in [0.3, 0.4) is 0 Å². The van der Waals surface area contributed by atoms with Crippen molar-refractivity contribution in [3.8, 4) is 0 Å². The van der Waals surface area contributed by atoms with Gasteiger partial charge < -0.3 is 9.07 Å². The third-order valence-electron chi connectivity index (χ3n) is 0.189. The molecule has 4 heteroatoms. The second kappa shape index (κ2) is 15.8. The van der Waals surface area contributed by atoms with Crippen LogP contribution in [0.4, 0.5) is 0 Å². The van der Waals surface area contributed by atoms with Crippen LogP contribution in [0.1, 0.15) is 6.92 Å². The minimum absolute atomic E-state index is 0.103. The predicted octanol–water partition coefficient (Wildman–Crippen LogP) is 1.59. The molecule has 0 aliphatic rings. The maximum atomic E-state index is 5.32. The molecule has 30 valence electrons. The average molecular weight is 131 g/mol. The fourth-order valence-electron chi connectivity index (χ4n) is 0. The summed E-state index contributed by atoms with van der Waals surface area (Å²) in [4.78, 5) is 0. The zero-order chi connectivity index (χ0) is 5.41. The summed E-state index contributed by atoms with van der Waals surface area (Å²) >= 11 is 1.37. The van der Waals surface area contributed by atoms with Crippen molar-refractivity contribution in [1.29, 1.82) is 0 Å². The van der Waals surface area contributed by atoms with Gasteiger partial charge >= 0.3 is 45.8 Å². The number of hydrogen-bond donors (Lipinski definition) is 0. The quantitative estimate of drug-likeness (QED) is 0.474. The number of rotatable bonds is 1. The van der Waals surface area contributed by atoms with Gasteiger partial charge in [-0.3, -0.25) is 0 Å². The van der Waals surface area contributed by atoms with E-state index in [1.807, 2.05) is 0 Å². The molecule has 0 amide bonds. The summed E-state index contributed by atoms with van der Waals surface area (Å²) in [5, 5.41) is 0. The molecule has 0 rings (SSSR count). The van der Waals surface area contributed by atoms with E-state index in [1.54, 1.807) is 0 Å². The Bertz CT molecular complexity index is 13.5. The van der Waals surface area contributed by atoms with E-state index in [2.05, 4.69) is 16.7 Å². The Balaban J connectivity index is 0. The third-order valence-corrected chi connectivity index (χ3v) is 1.70. The SMILES string of the molecule is C[CH2][Mg][Cl].[Li][Cl]. The Morgan fingerprint density at radius 1 is 1.67 bits per heavy atom. The van der Waals surface area contributed by atoms with Crippen LogP contribution < -0.4 is 0 Å². The van der Waals surface area contributed by atoms with Crippen LogP contribution in [-0.4, -0.2) is 36.0 Å². The Morgan fingerprint density at radius 2 is 1.83 bits per heavy atom. The first-order valence-corrected chi connectivity index (χ1v) is 5.75. The van der Waals surface area contributed by atoms with Gasteiger partial charge in [-0.15, -0.1) is 4.55 Å². The van der Waals surface area contributed by atoms with E-state index in [0.717, 1.165) is 0 Å². The zero-order valence-electron chi connectivity index (χ0n) is 4.17. The van der Waals surface area contributed by atoms with Crippen LogP contribution in [0.25, 0.3) is 0 Å². The molecule has 0 aliphatic heterocycles. The van der Waals surface area contributed by atoms with Gasteiger partial charge in [-0.25, -0.2) is 0 Å². The van der Waals surface area contributed by atoms with Crippen molar-refractivity contribution in [3.63, 3.8) is 0 Å². The molecule has 0 saturated carbocycles. The van der Waals surface area contributed by atoms with Crippen molar-refractivity contribution < 1.29 is 0 Å². The zero-order valence-corrected chi connectivity index (χ0v) is 7.10. The summed E-state index contributed by atoms with van der Waals surface area (Å²) in [6, 6.07) is 0. The van der Waals surface area contributed by atoms with E-state index < -0.39 is 0 Å². The van der Waals surface area contributed by atoms with Gasteiger partial charge in [0.2, 0.25) is 0 Å². The summed E-state index contributed by atoms with van der Waals surface area (Å²) < 4.78 is 1.22. The summed E-state index contributed by atoms with van der Waals surface area (Å²) in [6.07, 6.45) is 0. The number of hydrogen-bond acceptors (Lipinski definition) is 0. The Morgan fingerprint density at radius 3 is 1.83 bits per heavy atom. The van der Waals surface area contributed by atoms with Gasteiger partial charge in [-0.05, 0) is 0 Å². The molecule has 0 aromatic carbocycles. The molecular weight excluding hydrogens is 126 g/mol. The predicted molar refractivity (Wildman–Crippen MR) is 33.7 cm³/mol. The molecule has 0 saturated heterocycles. The Kier molecular flexibility index (Phi) is 28.5. The van der Waals surface area contributed by atoms with E-state index in [-0.39, 0.29) is 19.3 Å². The Hall–Kier alpha value is 1.94. The normalized spacial score (nSPS) is 4.83. The summed E-state index contributed by atoms with van der Waals surface area (Å²) in [6.45, 7) is 2.11. The van der Waals surface area contributed by atoms with Crippen molar-refractivity contribution >= 4 is 54.9 Å².